The van der Waals surface area contributed by atoms with Gasteiger partial charge in [-0.2, -0.15) is 0 Å². The second-order valence-electron chi connectivity index (χ2n) is 6.86. The molecule has 0 saturated carbocycles. The summed E-state index contributed by atoms with van der Waals surface area (Å²) in [6.07, 6.45) is 0. The van der Waals surface area contributed by atoms with Crippen molar-refractivity contribution in [2.45, 2.75) is 46.7 Å². The molecule has 1 atom stereocenters. The lowest BCUT2D eigenvalue weighted by molar-refractivity contribution is 0.0741. The van der Waals surface area contributed by atoms with E-state index in [1.807, 2.05) is 45.2 Å². The summed E-state index contributed by atoms with van der Waals surface area (Å²) in [6, 6.07) is 10.4. The Morgan fingerprint density at radius 3 is 2.48 bits per heavy atom. The van der Waals surface area contributed by atoms with Gasteiger partial charge < -0.3 is 9.47 Å². The van der Waals surface area contributed by atoms with Crippen LogP contribution in [-0.2, 0) is 0 Å². The van der Waals surface area contributed by atoms with Gasteiger partial charge in [0.25, 0.3) is 5.91 Å². The molecule has 0 bridgehead atoms. The van der Waals surface area contributed by atoms with Gasteiger partial charge in [-0.05, 0) is 52.8 Å². The summed E-state index contributed by atoms with van der Waals surface area (Å²) in [6.45, 7) is 10.4. The molecule has 0 fully saturated rings. The van der Waals surface area contributed by atoms with Gasteiger partial charge >= 0.3 is 0 Å². The Bertz CT molecular complexity index is 889. The van der Waals surface area contributed by atoms with E-state index < -0.39 is 0 Å². The van der Waals surface area contributed by atoms with Crippen LogP contribution in [-0.4, -0.2) is 27.4 Å². The molecule has 0 aliphatic heterocycles. The van der Waals surface area contributed by atoms with Crippen LogP contribution < -0.4 is 0 Å². The topological polar surface area (TPSA) is 38.1 Å². The third-order valence-electron chi connectivity index (χ3n) is 4.80. The third-order valence-corrected chi connectivity index (χ3v) is 6.01. The minimum atomic E-state index is -0.0630. The lowest BCUT2D eigenvalue weighted by atomic mass is 10.2. The predicted molar refractivity (Wildman–Crippen MR) is 104 cm³/mol. The number of para-hydroxylation sites is 1. The Balaban J connectivity index is 1.90. The van der Waals surface area contributed by atoms with E-state index in [0.717, 1.165) is 32.2 Å². The fraction of sp³-hybridized carbons (Fsp3) is 0.400. The van der Waals surface area contributed by atoms with Gasteiger partial charge in [-0.15, -0.1) is 11.3 Å². The van der Waals surface area contributed by atoms with E-state index in [2.05, 4.69) is 31.4 Å². The maximum atomic E-state index is 13.1. The van der Waals surface area contributed by atoms with Gasteiger partial charge in [0.05, 0.1) is 21.8 Å². The minimum absolute atomic E-state index is 0.0479. The van der Waals surface area contributed by atoms with Gasteiger partial charge in [0.1, 0.15) is 5.01 Å². The molecule has 3 aromatic rings. The Morgan fingerprint density at radius 2 is 1.88 bits per heavy atom. The Kier molecular flexibility index (Phi) is 4.69. The molecule has 3 rings (SSSR count). The summed E-state index contributed by atoms with van der Waals surface area (Å²) in [5, 5.41) is 0.967. The summed E-state index contributed by atoms with van der Waals surface area (Å²) >= 11 is 1.65. The molecule has 1 aromatic carbocycles. The molecular weight excluding hydrogens is 330 g/mol. The molecule has 0 N–H and O–H groups in total. The van der Waals surface area contributed by atoms with Crippen molar-refractivity contribution < 1.29 is 4.79 Å². The number of benzene rings is 1. The Hall–Kier alpha value is -2.14. The molecule has 0 radical (unpaired) electrons. The van der Waals surface area contributed by atoms with Gasteiger partial charge in [0.2, 0.25) is 0 Å². The summed E-state index contributed by atoms with van der Waals surface area (Å²) in [5.41, 5.74) is 3.92. The van der Waals surface area contributed by atoms with Crippen molar-refractivity contribution >= 4 is 27.5 Å². The van der Waals surface area contributed by atoms with Crippen LogP contribution in [0.15, 0.2) is 30.3 Å². The molecule has 4 nitrogen and oxygen atoms in total. The summed E-state index contributed by atoms with van der Waals surface area (Å²) in [7, 11) is 1.86. The standard InChI is InChI=1S/C20H25N3OS/c1-12(2)23-13(3)11-16(14(23)4)20(24)22(6)15(5)19-21-17-9-7-8-10-18(17)25-19/h7-12,15H,1-6H3/t15-/m0/s1. The third kappa shape index (κ3) is 3.09. The molecule has 25 heavy (non-hydrogen) atoms. The van der Waals surface area contributed by atoms with Crippen LogP contribution in [0.3, 0.4) is 0 Å². The number of carbonyl (C=O) groups is 1. The molecule has 2 heterocycles. The molecule has 0 aliphatic carbocycles. The number of rotatable bonds is 4. The van der Waals surface area contributed by atoms with Crippen molar-refractivity contribution in [3.05, 3.63) is 52.3 Å². The number of hydrogen-bond donors (Lipinski definition) is 0. The minimum Gasteiger partial charge on any atom is -0.346 e. The fourth-order valence-corrected chi connectivity index (χ4v) is 4.45. The quantitative estimate of drug-likeness (QED) is 0.651. The number of aryl methyl sites for hydroxylation is 1. The van der Waals surface area contributed by atoms with E-state index in [9.17, 15) is 4.79 Å². The van der Waals surface area contributed by atoms with Crippen LogP contribution in [0.2, 0.25) is 0 Å². The Morgan fingerprint density at radius 1 is 1.20 bits per heavy atom. The first-order valence-electron chi connectivity index (χ1n) is 8.62. The van der Waals surface area contributed by atoms with Crippen LogP contribution in [0.4, 0.5) is 0 Å². The zero-order valence-electron chi connectivity index (χ0n) is 15.7. The smallest absolute Gasteiger partial charge is 0.256 e. The molecule has 5 heteroatoms. The maximum absolute atomic E-state index is 13.1. The van der Waals surface area contributed by atoms with Gasteiger partial charge in [-0.25, -0.2) is 4.98 Å². The van der Waals surface area contributed by atoms with E-state index in [-0.39, 0.29) is 11.9 Å². The van der Waals surface area contributed by atoms with Crippen LogP contribution in [0.5, 0.6) is 0 Å². The average Bonchev–Trinajstić information content (AvgIpc) is 3.13. The zero-order valence-corrected chi connectivity index (χ0v) is 16.5. The largest absolute Gasteiger partial charge is 0.346 e. The summed E-state index contributed by atoms with van der Waals surface area (Å²) < 4.78 is 3.37. The van der Waals surface area contributed by atoms with E-state index in [4.69, 9.17) is 4.98 Å². The lowest BCUT2D eigenvalue weighted by Gasteiger charge is -2.23. The van der Waals surface area contributed by atoms with E-state index in [0.29, 0.717) is 6.04 Å². The van der Waals surface area contributed by atoms with Crippen molar-refractivity contribution in [1.82, 2.24) is 14.5 Å². The highest BCUT2D eigenvalue weighted by Gasteiger charge is 2.25. The Labute approximate surface area is 153 Å². The van der Waals surface area contributed by atoms with E-state index in [1.54, 1.807) is 16.2 Å². The second-order valence-corrected chi connectivity index (χ2v) is 7.92. The fourth-order valence-electron chi connectivity index (χ4n) is 3.39. The van der Waals surface area contributed by atoms with Crippen molar-refractivity contribution in [1.29, 1.82) is 0 Å². The van der Waals surface area contributed by atoms with Crippen LogP contribution >= 0.6 is 11.3 Å². The van der Waals surface area contributed by atoms with Crippen LogP contribution in [0.1, 0.15) is 59.6 Å². The second kappa shape index (κ2) is 6.64. The number of aromatic nitrogens is 2. The monoisotopic (exact) mass is 355 g/mol. The summed E-state index contributed by atoms with van der Waals surface area (Å²) in [5.74, 6) is 0.0479. The van der Waals surface area contributed by atoms with Crippen molar-refractivity contribution in [2.24, 2.45) is 0 Å². The van der Waals surface area contributed by atoms with Gasteiger partial charge in [0, 0.05) is 24.5 Å². The van der Waals surface area contributed by atoms with Crippen molar-refractivity contribution in [2.75, 3.05) is 7.05 Å². The first-order chi connectivity index (χ1) is 11.8. The molecular formula is C20H25N3OS. The SMILES string of the molecule is Cc1cc(C(=O)N(C)[C@@H](C)c2nc3ccccc3s2)c(C)n1C(C)C. The number of hydrogen-bond acceptors (Lipinski definition) is 3. The molecule has 0 spiro atoms. The highest BCUT2D eigenvalue weighted by atomic mass is 32.1. The van der Waals surface area contributed by atoms with Crippen molar-refractivity contribution in [3.8, 4) is 0 Å². The van der Waals surface area contributed by atoms with Gasteiger partial charge in [-0.3, -0.25) is 4.79 Å². The molecule has 0 saturated heterocycles. The number of amides is 1. The number of thiazole rings is 1. The molecule has 0 unspecified atom stereocenters. The number of carbonyl (C=O) groups excluding carboxylic acids is 1. The van der Waals surface area contributed by atoms with Gasteiger partial charge in [-0.1, -0.05) is 12.1 Å². The maximum Gasteiger partial charge on any atom is 0.256 e. The predicted octanol–water partition coefficient (Wildman–Crippen LogP) is 5.13. The zero-order chi connectivity index (χ0) is 18.3. The summed E-state index contributed by atoms with van der Waals surface area (Å²) in [4.78, 5) is 19.6. The lowest BCUT2D eigenvalue weighted by Crippen LogP contribution is -2.30. The molecule has 0 aliphatic rings. The molecule has 132 valence electrons. The first-order valence-corrected chi connectivity index (χ1v) is 9.44. The van der Waals surface area contributed by atoms with Crippen molar-refractivity contribution in [3.63, 3.8) is 0 Å². The first kappa shape index (κ1) is 17.7. The highest BCUT2D eigenvalue weighted by Crippen LogP contribution is 2.30. The number of fused-ring (bicyclic) bond motifs is 1. The van der Waals surface area contributed by atoms with E-state index in [1.165, 1.54) is 0 Å². The number of nitrogens with zero attached hydrogens (tertiary/aromatic N) is 3. The van der Waals surface area contributed by atoms with Gasteiger partial charge in [0.15, 0.2) is 0 Å². The molecule has 1 amide bonds. The van der Waals surface area contributed by atoms with Crippen LogP contribution in [0, 0.1) is 13.8 Å². The highest BCUT2D eigenvalue weighted by molar-refractivity contribution is 7.18. The average molecular weight is 356 g/mol. The molecule has 2 aromatic heterocycles. The normalized spacial score (nSPS) is 12.8. The van der Waals surface area contributed by atoms with Crippen LogP contribution in [0.25, 0.3) is 10.2 Å². The van der Waals surface area contributed by atoms with E-state index >= 15 is 0 Å².